The zero-order valence-electron chi connectivity index (χ0n) is 19.9. The van der Waals surface area contributed by atoms with Crippen molar-refractivity contribution in [3.05, 3.63) is 35.4 Å². The van der Waals surface area contributed by atoms with Crippen molar-refractivity contribution in [1.82, 2.24) is 21.3 Å². The molecular weight excluding hydrogens is 368 g/mol. The summed E-state index contributed by atoms with van der Waals surface area (Å²) >= 11 is 0. The highest BCUT2D eigenvalue weighted by Gasteiger charge is 2.35. The quantitative estimate of drug-likeness (QED) is 0.423. The number of hydrogen-bond acceptors (Lipinski definition) is 4. The second kappa shape index (κ2) is 11.1. The van der Waals surface area contributed by atoms with Crippen molar-refractivity contribution in [2.24, 2.45) is 10.8 Å². The molecule has 0 amide bonds. The maximum absolute atomic E-state index is 3.79. The van der Waals surface area contributed by atoms with Crippen molar-refractivity contribution < 1.29 is 0 Å². The van der Waals surface area contributed by atoms with Crippen LogP contribution in [-0.4, -0.2) is 26.2 Å². The average molecular weight is 415 g/mol. The predicted octanol–water partition coefficient (Wildman–Crippen LogP) is 5.24. The van der Waals surface area contributed by atoms with E-state index < -0.39 is 0 Å². The Morgan fingerprint density at radius 3 is 1.07 bits per heavy atom. The van der Waals surface area contributed by atoms with Gasteiger partial charge in [-0.25, -0.2) is 0 Å². The molecule has 4 heteroatoms. The molecule has 0 unspecified atom stereocenters. The van der Waals surface area contributed by atoms with Gasteiger partial charge in [0.2, 0.25) is 0 Å². The van der Waals surface area contributed by atoms with Crippen LogP contribution in [0, 0.1) is 10.8 Å². The van der Waals surface area contributed by atoms with E-state index in [1.807, 2.05) is 0 Å². The lowest BCUT2D eigenvalue weighted by molar-refractivity contribution is 0.148. The van der Waals surface area contributed by atoms with Crippen molar-refractivity contribution in [2.75, 3.05) is 26.2 Å². The van der Waals surface area contributed by atoms with Crippen molar-refractivity contribution in [3.63, 3.8) is 0 Å². The van der Waals surface area contributed by atoms with Crippen LogP contribution in [0.15, 0.2) is 24.3 Å². The number of hydrogen-bond donors (Lipinski definition) is 4. The molecule has 0 saturated carbocycles. The minimum Gasteiger partial charge on any atom is -0.298 e. The molecule has 2 aliphatic heterocycles. The van der Waals surface area contributed by atoms with Crippen molar-refractivity contribution in [3.8, 4) is 0 Å². The molecule has 2 heterocycles. The minimum absolute atomic E-state index is 0.273. The van der Waals surface area contributed by atoms with Crippen molar-refractivity contribution in [1.29, 1.82) is 0 Å². The van der Waals surface area contributed by atoms with Crippen LogP contribution in [-0.2, 0) is 0 Å². The van der Waals surface area contributed by atoms with Gasteiger partial charge in [-0.3, -0.25) is 21.3 Å². The lowest BCUT2D eigenvalue weighted by Gasteiger charge is -2.42. The molecule has 4 N–H and O–H groups in total. The maximum atomic E-state index is 3.79. The molecule has 30 heavy (non-hydrogen) atoms. The number of nitrogens with one attached hydrogen (secondary N) is 4. The van der Waals surface area contributed by atoms with E-state index in [-0.39, 0.29) is 12.3 Å². The van der Waals surface area contributed by atoms with Gasteiger partial charge >= 0.3 is 0 Å². The van der Waals surface area contributed by atoms with Crippen LogP contribution in [0.2, 0.25) is 0 Å². The first-order valence-electron chi connectivity index (χ1n) is 12.6. The molecular formula is C26H46N4. The lowest BCUT2D eigenvalue weighted by Crippen LogP contribution is -2.53. The largest absolute Gasteiger partial charge is 0.298 e. The summed E-state index contributed by atoms with van der Waals surface area (Å²) in [6.07, 6.45) is 10.8. The van der Waals surface area contributed by atoms with E-state index in [1.165, 1.54) is 62.5 Å². The smallest absolute Gasteiger partial charge is 0.0835 e. The highest BCUT2D eigenvalue weighted by Crippen LogP contribution is 2.34. The summed E-state index contributed by atoms with van der Waals surface area (Å²) in [6, 6.07) is 9.21. The van der Waals surface area contributed by atoms with Crippen molar-refractivity contribution in [2.45, 2.75) is 91.4 Å². The first kappa shape index (κ1) is 23.7. The summed E-state index contributed by atoms with van der Waals surface area (Å²) in [6.45, 7) is 13.7. The third-order valence-corrected chi connectivity index (χ3v) is 7.45. The normalized spacial score (nSPS) is 22.3. The Labute approximate surface area is 185 Å². The van der Waals surface area contributed by atoms with Crippen LogP contribution in [0.4, 0.5) is 0 Å². The Kier molecular flexibility index (Phi) is 8.76. The summed E-state index contributed by atoms with van der Waals surface area (Å²) in [4.78, 5) is 0. The fourth-order valence-corrected chi connectivity index (χ4v) is 5.97. The average Bonchev–Trinajstić information content (AvgIpc) is 2.76. The van der Waals surface area contributed by atoms with Gasteiger partial charge < -0.3 is 0 Å². The Morgan fingerprint density at radius 2 is 0.833 bits per heavy atom. The van der Waals surface area contributed by atoms with E-state index in [9.17, 15) is 0 Å². The SMILES string of the molecule is CCCC1(CCC)CNC(c2ccc(C3NCC(CCC)(CCC)CN3)cc2)NC1. The number of rotatable bonds is 10. The van der Waals surface area contributed by atoms with Gasteiger partial charge in [0.05, 0.1) is 12.3 Å². The molecule has 0 aromatic heterocycles. The first-order valence-corrected chi connectivity index (χ1v) is 12.6. The summed E-state index contributed by atoms with van der Waals surface area (Å²) < 4.78 is 0. The summed E-state index contributed by atoms with van der Waals surface area (Å²) in [5, 5.41) is 15.2. The highest BCUT2D eigenvalue weighted by molar-refractivity contribution is 5.27. The second-order valence-electron chi connectivity index (χ2n) is 10.1. The van der Waals surface area contributed by atoms with Crippen LogP contribution in [0.25, 0.3) is 0 Å². The van der Waals surface area contributed by atoms with Gasteiger partial charge in [-0.2, -0.15) is 0 Å². The van der Waals surface area contributed by atoms with E-state index in [1.54, 1.807) is 0 Å². The van der Waals surface area contributed by atoms with Gasteiger partial charge in [0.25, 0.3) is 0 Å². The zero-order chi connectivity index (χ0) is 21.5. The summed E-state index contributed by atoms with van der Waals surface area (Å²) in [5.74, 6) is 0. The standard InChI is InChI=1S/C26H46N4/c1-5-13-25(14-6-2)17-27-23(28-18-25)21-9-11-22(12-10-21)24-29-19-26(15-7-3,16-8-4)20-30-24/h9-12,23-24,27-30H,5-8,13-20H2,1-4H3. The van der Waals surface area contributed by atoms with E-state index in [2.05, 4.69) is 73.2 Å². The molecule has 2 fully saturated rings. The molecule has 0 radical (unpaired) electrons. The highest BCUT2D eigenvalue weighted by atomic mass is 15.2. The lowest BCUT2D eigenvalue weighted by atomic mass is 9.77. The van der Waals surface area contributed by atoms with E-state index in [4.69, 9.17) is 0 Å². The monoisotopic (exact) mass is 414 g/mol. The van der Waals surface area contributed by atoms with E-state index in [0.717, 1.165) is 26.2 Å². The van der Waals surface area contributed by atoms with Gasteiger partial charge in [-0.15, -0.1) is 0 Å². The van der Waals surface area contributed by atoms with Crippen LogP contribution >= 0.6 is 0 Å². The molecule has 170 valence electrons. The summed E-state index contributed by atoms with van der Waals surface area (Å²) in [7, 11) is 0. The van der Waals surface area contributed by atoms with Crippen LogP contribution in [0.3, 0.4) is 0 Å². The first-order chi connectivity index (χ1) is 14.6. The fraction of sp³-hybridized carbons (Fsp3) is 0.769. The molecule has 0 atom stereocenters. The molecule has 3 rings (SSSR count). The predicted molar refractivity (Wildman–Crippen MR) is 128 cm³/mol. The molecule has 1 aromatic rings. The molecule has 1 aromatic carbocycles. The molecule has 0 spiro atoms. The molecule has 4 nitrogen and oxygen atoms in total. The zero-order valence-corrected chi connectivity index (χ0v) is 19.9. The van der Waals surface area contributed by atoms with Crippen molar-refractivity contribution >= 4 is 0 Å². The molecule has 0 bridgehead atoms. The molecule has 2 aliphatic rings. The fourth-order valence-electron chi connectivity index (χ4n) is 5.97. The minimum atomic E-state index is 0.273. The van der Waals surface area contributed by atoms with Gasteiger partial charge in [0.15, 0.2) is 0 Å². The Bertz CT molecular complexity index is 539. The van der Waals surface area contributed by atoms with Gasteiger partial charge in [-0.05, 0) is 47.6 Å². The second-order valence-corrected chi connectivity index (χ2v) is 10.1. The van der Waals surface area contributed by atoms with Crippen LogP contribution in [0.5, 0.6) is 0 Å². The third kappa shape index (κ3) is 5.64. The Hall–Kier alpha value is -0.940. The van der Waals surface area contributed by atoms with E-state index >= 15 is 0 Å². The van der Waals surface area contributed by atoms with Crippen LogP contribution < -0.4 is 21.3 Å². The maximum Gasteiger partial charge on any atom is 0.0835 e. The Morgan fingerprint density at radius 1 is 0.567 bits per heavy atom. The Balaban J connectivity index is 1.56. The molecule has 2 saturated heterocycles. The van der Waals surface area contributed by atoms with Gasteiger partial charge in [0.1, 0.15) is 0 Å². The molecule has 0 aliphatic carbocycles. The van der Waals surface area contributed by atoms with E-state index in [0.29, 0.717) is 10.8 Å². The van der Waals surface area contributed by atoms with Gasteiger partial charge in [-0.1, -0.05) is 77.6 Å². The van der Waals surface area contributed by atoms with Crippen LogP contribution in [0.1, 0.15) is 103 Å². The third-order valence-electron chi connectivity index (χ3n) is 7.45. The number of benzene rings is 1. The topological polar surface area (TPSA) is 48.1 Å². The summed E-state index contributed by atoms with van der Waals surface area (Å²) in [5.41, 5.74) is 3.56. The van der Waals surface area contributed by atoms with Gasteiger partial charge in [0, 0.05) is 26.2 Å².